The highest BCUT2D eigenvalue weighted by Gasteiger charge is 2.28. The van der Waals surface area contributed by atoms with E-state index < -0.39 is 53.0 Å². The third kappa shape index (κ3) is 3.16. The van der Waals surface area contributed by atoms with Gasteiger partial charge in [-0.2, -0.15) is 0 Å². The Labute approximate surface area is 139 Å². The third-order valence-corrected chi connectivity index (χ3v) is 3.99. The molecule has 0 radical (unpaired) electrons. The smallest absolute Gasteiger partial charge is 0.227 e. The maximum Gasteiger partial charge on any atom is 0.227 e. The Morgan fingerprint density at radius 2 is 1.60 bits per heavy atom. The van der Waals surface area contributed by atoms with Crippen LogP contribution in [-0.4, -0.2) is 12.5 Å². The number of amides is 1. The van der Waals surface area contributed by atoms with Gasteiger partial charge in [-0.25, -0.2) is 22.0 Å². The average Bonchev–Trinajstić information content (AvgIpc) is 2.64. The van der Waals surface area contributed by atoms with Crippen LogP contribution in [0.3, 0.4) is 0 Å². The normalized spacial score (nSPS) is 16.1. The molecule has 8 heteroatoms. The van der Waals surface area contributed by atoms with Gasteiger partial charge in [0.1, 0.15) is 12.4 Å². The zero-order chi connectivity index (χ0) is 18.1. The first-order valence-corrected chi connectivity index (χ1v) is 7.39. The molecule has 1 N–H and O–H groups in total. The number of halogens is 5. The Bertz CT molecular complexity index is 811. The molecule has 0 bridgehead atoms. The SMILES string of the molecule is O=C(NCc1c(F)c(F)c(F)c(F)c1F)[C@@H]1COc2ccccc2C1. The summed E-state index contributed by atoms with van der Waals surface area (Å²) in [6.45, 7) is -0.761. The van der Waals surface area contributed by atoms with Crippen LogP contribution in [0.1, 0.15) is 11.1 Å². The van der Waals surface area contributed by atoms with Crippen molar-refractivity contribution in [3.63, 3.8) is 0 Å². The summed E-state index contributed by atoms with van der Waals surface area (Å²) < 4.78 is 71.9. The molecule has 3 nitrogen and oxygen atoms in total. The molecule has 0 saturated carbocycles. The van der Waals surface area contributed by atoms with Crippen LogP contribution in [0, 0.1) is 35.0 Å². The number of fused-ring (bicyclic) bond motifs is 1. The number of carbonyl (C=O) groups is 1. The van der Waals surface area contributed by atoms with Crippen molar-refractivity contribution in [2.45, 2.75) is 13.0 Å². The number of rotatable bonds is 3. The molecule has 1 amide bonds. The molecule has 0 aliphatic carbocycles. The lowest BCUT2D eigenvalue weighted by molar-refractivity contribution is -0.126. The van der Waals surface area contributed by atoms with E-state index in [1.54, 1.807) is 24.3 Å². The Hall–Kier alpha value is -2.64. The van der Waals surface area contributed by atoms with Crippen molar-refractivity contribution in [1.29, 1.82) is 0 Å². The molecule has 2 aromatic rings. The fraction of sp³-hybridized carbons (Fsp3) is 0.235. The summed E-state index contributed by atoms with van der Waals surface area (Å²) in [5.74, 6) is -10.8. The summed E-state index contributed by atoms with van der Waals surface area (Å²) in [7, 11) is 0. The first-order valence-electron chi connectivity index (χ1n) is 7.39. The molecular weight excluding hydrogens is 345 g/mol. The highest BCUT2D eigenvalue weighted by molar-refractivity contribution is 5.79. The van der Waals surface area contributed by atoms with Gasteiger partial charge < -0.3 is 10.1 Å². The summed E-state index contributed by atoms with van der Waals surface area (Å²) >= 11 is 0. The van der Waals surface area contributed by atoms with Crippen molar-refractivity contribution in [2.75, 3.05) is 6.61 Å². The zero-order valence-corrected chi connectivity index (χ0v) is 12.7. The lowest BCUT2D eigenvalue weighted by atomic mass is 9.96. The molecular formula is C17H12F5NO2. The molecule has 0 spiro atoms. The van der Waals surface area contributed by atoms with Crippen molar-refractivity contribution in [3.05, 3.63) is 64.5 Å². The van der Waals surface area contributed by atoms with Crippen LogP contribution in [0.25, 0.3) is 0 Å². The largest absolute Gasteiger partial charge is 0.492 e. The molecule has 0 saturated heterocycles. The fourth-order valence-corrected chi connectivity index (χ4v) is 2.62. The van der Waals surface area contributed by atoms with E-state index >= 15 is 0 Å². The molecule has 3 rings (SSSR count). The van der Waals surface area contributed by atoms with Gasteiger partial charge in [0.25, 0.3) is 0 Å². The summed E-state index contributed by atoms with van der Waals surface area (Å²) in [6, 6.07) is 7.08. The minimum atomic E-state index is -2.23. The lowest BCUT2D eigenvalue weighted by Gasteiger charge is -2.24. The molecule has 2 aromatic carbocycles. The minimum absolute atomic E-state index is 0.0555. The number of ether oxygens (including phenoxy) is 1. The van der Waals surface area contributed by atoms with Gasteiger partial charge in [-0.1, -0.05) is 18.2 Å². The highest BCUT2D eigenvalue weighted by atomic mass is 19.2. The highest BCUT2D eigenvalue weighted by Crippen LogP contribution is 2.27. The van der Waals surface area contributed by atoms with E-state index in [0.717, 1.165) is 5.56 Å². The number of hydrogen-bond donors (Lipinski definition) is 1. The third-order valence-electron chi connectivity index (χ3n) is 3.99. The van der Waals surface area contributed by atoms with Crippen LogP contribution >= 0.6 is 0 Å². The molecule has 132 valence electrons. The standard InChI is InChI=1S/C17H12F5NO2/c18-12-10(13(19)15(21)16(22)14(12)20)6-23-17(24)9-5-8-3-1-2-4-11(8)25-7-9/h1-4,9H,5-7H2,(H,23,24)/t9-/m0/s1. The summed E-state index contributed by atoms with van der Waals surface area (Å²) in [6.07, 6.45) is 0.346. The Morgan fingerprint density at radius 3 is 2.28 bits per heavy atom. The maximum atomic E-state index is 13.6. The van der Waals surface area contributed by atoms with E-state index in [1.807, 2.05) is 0 Å². The second-order valence-corrected chi connectivity index (χ2v) is 5.59. The van der Waals surface area contributed by atoms with Gasteiger partial charge in [-0.05, 0) is 18.1 Å². The fourth-order valence-electron chi connectivity index (χ4n) is 2.62. The van der Waals surface area contributed by atoms with Crippen molar-refractivity contribution >= 4 is 5.91 Å². The van der Waals surface area contributed by atoms with Crippen molar-refractivity contribution < 1.29 is 31.5 Å². The van der Waals surface area contributed by atoms with Gasteiger partial charge in [0.15, 0.2) is 23.3 Å². The van der Waals surface area contributed by atoms with E-state index in [-0.39, 0.29) is 6.61 Å². The van der Waals surface area contributed by atoms with Crippen molar-refractivity contribution in [1.82, 2.24) is 5.32 Å². The monoisotopic (exact) mass is 357 g/mol. The molecule has 1 heterocycles. The summed E-state index contributed by atoms with van der Waals surface area (Å²) in [4.78, 5) is 12.1. The average molecular weight is 357 g/mol. The van der Waals surface area contributed by atoms with Crippen LogP contribution in [-0.2, 0) is 17.8 Å². The van der Waals surface area contributed by atoms with Crippen LogP contribution in [0.4, 0.5) is 22.0 Å². The van der Waals surface area contributed by atoms with Crippen molar-refractivity contribution in [3.8, 4) is 5.75 Å². The second kappa shape index (κ2) is 6.70. The van der Waals surface area contributed by atoms with Crippen LogP contribution in [0.2, 0.25) is 0 Å². The van der Waals surface area contributed by atoms with Crippen LogP contribution < -0.4 is 10.1 Å². The Kier molecular flexibility index (Phi) is 4.61. The van der Waals surface area contributed by atoms with Gasteiger partial charge in [0.05, 0.1) is 5.92 Å². The predicted molar refractivity (Wildman–Crippen MR) is 77.2 cm³/mol. The quantitative estimate of drug-likeness (QED) is 0.520. The van der Waals surface area contributed by atoms with E-state index in [9.17, 15) is 26.7 Å². The van der Waals surface area contributed by atoms with E-state index in [4.69, 9.17) is 4.74 Å². The van der Waals surface area contributed by atoms with Crippen LogP contribution in [0.5, 0.6) is 5.75 Å². The number of nitrogens with one attached hydrogen (secondary N) is 1. The lowest BCUT2D eigenvalue weighted by Crippen LogP contribution is -2.37. The van der Waals surface area contributed by atoms with Crippen LogP contribution in [0.15, 0.2) is 24.3 Å². The second-order valence-electron chi connectivity index (χ2n) is 5.59. The molecule has 0 unspecified atom stereocenters. The Morgan fingerprint density at radius 1 is 1.00 bits per heavy atom. The van der Waals surface area contributed by atoms with Gasteiger partial charge in [-0.3, -0.25) is 4.79 Å². The number of hydrogen-bond acceptors (Lipinski definition) is 2. The van der Waals surface area contributed by atoms with E-state index in [0.29, 0.717) is 12.2 Å². The minimum Gasteiger partial charge on any atom is -0.492 e. The molecule has 0 fully saturated rings. The summed E-state index contributed by atoms with van der Waals surface area (Å²) in [5, 5.41) is 2.20. The molecule has 25 heavy (non-hydrogen) atoms. The number of benzene rings is 2. The Balaban J connectivity index is 1.72. The topological polar surface area (TPSA) is 38.3 Å². The van der Waals surface area contributed by atoms with Gasteiger partial charge >= 0.3 is 0 Å². The number of carbonyl (C=O) groups excluding carboxylic acids is 1. The van der Waals surface area contributed by atoms with Gasteiger partial charge in [0, 0.05) is 12.1 Å². The molecule has 0 aromatic heterocycles. The molecule has 1 atom stereocenters. The van der Waals surface area contributed by atoms with E-state index in [2.05, 4.69) is 5.32 Å². The molecule has 1 aliphatic heterocycles. The van der Waals surface area contributed by atoms with Gasteiger partial charge in [0.2, 0.25) is 11.7 Å². The van der Waals surface area contributed by atoms with Crippen molar-refractivity contribution in [2.24, 2.45) is 5.92 Å². The van der Waals surface area contributed by atoms with E-state index in [1.165, 1.54) is 0 Å². The molecule has 1 aliphatic rings. The zero-order valence-electron chi connectivity index (χ0n) is 12.7. The number of para-hydroxylation sites is 1. The summed E-state index contributed by atoms with van der Waals surface area (Å²) in [5.41, 5.74) is -0.285. The first kappa shape index (κ1) is 17.2. The maximum absolute atomic E-state index is 13.6. The predicted octanol–water partition coefficient (Wildman–Crippen LogP) is 3.25. The van der Waals surface area contributed by atoms with Gasteiger partial charge in [-0.15, -0.1) is 0 Å². The first-order chi connectivity index (χ1) is 11.9.